The van der Waals surface area contributed by atoms with Gasteiger partial charge in [-0.2, -0.15) is 4.98 Å². The molecule has 24 heavy (non-hydrogen) atoms. The molecule has 1 aromatic carbocycles. The minimum atomic E-state index is -0.697. The summed E-state index contributed by atoms with van der Waals surface area (Å²) in [5, 5.41) is 6.64. The normalized spacial score (nSPS) is 12.5. The minimum Gasteiger partial charge on any atom is -0.496 e. The van der Waals surface area contributed by atoms with Crippen LogP contribution in [0.1, 0.15) is 44.1 Å². The first kappa shape index (κ1) is 18.1. The highest BCUT2D eigenvalue weighted by molar-refractivity contribution is 6.16. The number of alkyl halides is 1. The molecule has 1 N–H and O–H groups in total. The maximum absolute atomic E-state index is 12.2. The number of benzene rings is 1. The molecule has 1 atom stereocenters. The van der Waals surface area contributed by atoms with Gasteiger partial charge < -0.3 is 19.3 Å². The number of alkyl carbamates (subject to hydrolysis) is 1. The molecule has 0 aliphatic carbocycles. The monoisotopic (exact) mass is 353 g/mol. The highest BCUT2D eigenvalue weighted by atomic mass is 35.5. The molecule has 7 nitrogen and oxygen atoms in total. The van der Waals surface area contributed by atoms with Crippen molar-refractivity contribution in [3.63, 3.8) is 0 Å². The second kappa shape index (κ2) is 7.53. The number of methoxy groups -OCH3 is 1. The van der Waals surface area contributed by atoms with Crippen molar-refractivity contribution < 1.29 is 18.8 Å². The fraction of sp³-hybridized carbons (Fsp3) is 0.438. The number of hydrogen-bond donors (Lipinski definition) is 1. The molecule has 1 aromatic heterocycles. The van der Waals surface area contributed by atoms with Crippen LogP contribution in [-0.4, -0.2) is 28.9 Å². The topological polar surface area (TPSA) is 86.5 Å². The van der Waals surface area contributed by atoms with Gasteiger partial charge in [-0.25, -0.2) is 4.79 Å². The van der Waals surface area contributed by atoms with Crippen LogP contribution in [-0.2, 0) is 10.6 Å². The number of aromatic nitrogens is 2. The predicted octanol–water partition coefficient (Wildman–Crippen LogP) is 3.43. The maximum Gasteiger partial charge on any atom is 0.408 e. The Labute approximate surface area is 145 Å². The van der Waals surface area contributed by atoms with Crippen molar-refractivity contribution in [1.29, 1.82) is 0 Å². The number of hydrogen-bond acceptors (Lipinski definition) is 6. The fourth-order valence-electron chi connectivity index (χ4n) is 2.05. The minimum absolute atomic E-state index is 0.0814. The van der Waals surface area contributed by atoms with E-state index in [2.05, 4.69) is 15.5 Å². The van der Waals surface area contributed by atoms with Crippen LogP contribution in [0.4, 0.5) is 4.79 Å². The molecule has 0 aliphatic heterocycles. The maximum atomic E-state index is 12.2. The van der Waals surface area contributed by atoms with E-state index in [-0.39, 0.29) is 17.6 Å². The molecule has 0 aliphatic rings. The molecular weight excluding hydrogens is 334 g/mol. The van der Waals surface area contributed by atoms with Crippen molar-refractivity contribution in [2.45, 2.75) is 38.3 Å². The third-order valence-electron chi connectivity index (χ3n) is 2.97. The van der Waals surface area contributed by atoms with E-state index in [0.717, 1.165) is 0 Å². The van der Waals surface area contributed by atoms with Gasteiger partial charge in [0.25, 0.3) is 0 Å². The van der Waals surface area contributed by atoms with Crippen molar-refractivity contribution in [2.75, 3.05) is 7.11 Å². The van der Waals surface area contributed by atoms with E-state index in [9.17, 15) is 4.79 Å². The van der Waals surface area contributed by atoms with E-state index in [4.69, 9.17) is 25.6 Å². The first-order chi connectivity index (χ1) is 11.3. The average molecular weight is 354 g/mol. The Kier molecular flexibility index (Phi) is 5.66. The lowest BCUT2D eigenvalue weighted by Crippen LogP contribution is -2.36. The van der Waals surface area contributed by atoms with Gasteiger partial charge in [-0.3, -0.25) is 0 Å². The van der Waals surface area contributed by atoms with Crippen molar-refractivity contribution in [3.05, 3.63) is 41.5 Å². The fourth-order valence-corrected chi connectivity index (χ4v) is 2.16. The second-order valence-corrected chi connectivity index (χ2v) is 6.27. The summed E-state index contributed by atoms with van der Waals surface area (Å²) >= 11 is 5.71. The molecule has 1 amide bonds. The van der Waals surface area contributed by atoms with Crippen LogP contribution in [0.5, 0.6) is 5.75 Å². The van der Waals surface area contributed by atoms with Gasteiger partial charge in [0.2, 0.25) is 5.89 Å². The lowest BCUT2D eigenvalue weighted by atomic mass is 10.1. The Balaban J connectivity index is 2.36. The molecule has 8 heteroatoms. The number of halogens is 1. The highest BCUT2D eigenvalue weighted by Gasteiger charge is 2.27. The number of nitrogens with one attached hydrogen (secondary N) is 1. The standard InChI is InChI=1S/C16H20ClN3O4/c1-16(2,3)23-15(21)19-13(14-18-12(9-17)24-20-14)10-7-5-6-8-11(10)22-4/h5-8,13H,9H2,1-4H3,(H,19,21)/t13-/m1/s1. The molecule has 0 fully saturated rings. The van der Waals surface area contributed by atoms with Gasteiger partial charge in [-0.1, -0.05) is 23.4 Å². The van der Waals surface area contributed by atoms with Crippen LogP contribution in [0, 0.1) is 0 Å². The number of ether oxygens (including phenoxy) is 2. The summed E-state index contributed by atoms with van der Waals surface area (Å²) in [6.07, 6.45) is -0.601. The number of carbonyl (C=O) groups excluding carboxylic acids is 1. The first-order valence-corrected chi connectivity index (χ1v) is 7.88. The number of para-hydroxylation sites is 1. The molecule has 0 saturated carbocycles. The van der Waals surface area contributed by atoms with E-state index in [1.165, 1.54) is 0 Å². The van der Waals surface area contributed by atoms with Gasteiger partial charge in [0.05, 0.1) is 7.11 Å². The first-order valence-electron chi connectivity index (χ1n) is 7.35. The van der Waals surface area contributed by atoms with Crippen LogP contribution in [0.2, 0.25) is 0 Å². The van der Waals surface area contributed by atoms with E-state index in [1.54, 1.807) is 40.0 Å². The summed E-state index contributed by atoms with van der Waals surface area (Å²) in [6.45, 7) is 5.35. The van der Waals surface area contributed by atoms with Crippen LogP contribution >= 0.6 is 11.6 Å². The Morgan fingerprint density at radius 2 is 2.08 bits per heavy atom. The van der Waals surface area contributed by atoms with Crippen LogP contribution in [0.25, 0.3) is 0 Å². The quantitative estimate of drug-likeness (QED) is 0.829. The summed E-state index contributed by atoms with van der Waals surface area (Å²) in [7, 11) is 1.55. The smallest absolute Gasteiger partial charge is 0.408 e. The van der Waals surface area contributed by atoms with Crippen molar-refractivity contribution >= 4 is 17.7 Å². The lowest BCUT2D eigenvalue weighted by molar-refractivity contribution is 0.0509. The van der Waals surface area contributed by atoms with Gasteiger partial charge in [-0.15, -0.1) is 11.6 Å². The molecule has 1 heterocycles. The molecule has 0 bridgehead atoms. The molecule has 2 rings (SSSR count). The number of amides is 1. The second-order valence-electron chi connectivity index (χ2n) is 6.00. The third-order valence-corrected chi connectivity index (χ3v) is 3.20. The molecular formula is C16H20ClN3O4. The summed E-state index contributed by atoms with van der Waals surface area (Å²) in [6, 6.07) is 6.54. The SMILES string of the molecule is COc1ccccc1[C@@H](NC(=O)OC(C)(C)C)c1noc(CCl)n1. The van der Waals surface area contributed by atoms with E-state index in [1.807, 2.05) is 12.1 Å². The Bertz CT molecular complexity index is 697. The van der Waals surface area contributed by atoms with Crippen LogP contribution in [0.3, 0.4) is 0 Å². The highest BCUT2D eigenvalue weighted by Crippen LogP contribution is 2.29. The van der Waals surface area contributed by atoms with Gasteiger partial charge in [0.15, 0.2) is 5.82 Å². The predicted molar refractivity (Wildman–Crippen MR) is 88.1 cm³/mol. The Morgan fingerprint density at radius 1 is 1.38 bits per heavy atom. The molecule has 0 spiro atoms. The summed E-state index contributed by atoms with van der Waals surface area (Å²) in [5.74, 6) is 1.19. The van der Waals surface area contributed by atoms with E-state index in [0.29, 0.717) is 11.3 Å². The zero-order valence-electron chi connectivity index (χ0n) is 14.0. The zero-order valence-corrected chi connectivity index (χ0v) is 14.8. The van der Waals surface area contributed by atoms with Gasteiger partial charge in [0.1, 0.15) is 23.3 Å². The summed E-state index contributed by atoms with van der Waals surface area (Å²) in [4.78, 5) is 16.4. The summed E-state index contributed by atoms with van der Waals surface area (Å²) < 4.78 is 15.7. The molecule has 0 radical (unpaired) electrons. The van der Waals surface area contributed by atoms with Crippen LogP contribution in [0.15, 0.2) is 28.8 Å². The molecule has 0 unspecified atom stereocenters. The lowest BCUT2D eigenvalue weighted by Gasteiger charge is -2.23. The zero-order chi connectivity index (χ0) is 17.7. The number of nitrogens with zero attached hydrogens (tertiary/aromatic N) is 2. The molecule has 2 aromatic rings. The van der Waals surface area contributed by atoms with Gasteiger partial charge in [0, 0.05) is 5.56 Å². The van der Waals surface area contributed by atoms with Crippen molar-refractivity contribution in [2.24, 2.45) is 0 Å². The van der Waals surface area contributed by atoms with Crippen molar-refractivity contribution in [3.8, 4) is 5.75 Å². The van der Waals surface area contributed by atoms with Gasteiger partial charge >= 0.3 is 6.09 Å². The molecule has 130 valence electrons. The van der Waals surface area contributed by atoms with E-state index < -0.39 is 17.7 Å². The Hall–Kier alpha value is -2.28. The largest absolute Gasteiger partial charge is 0.496 e. The molecule has 0 saturated heterocycles. The summed E-state index contributed by atoms with van der Waals surface area (Å²) in [5.41, 5.74) is 0.0429. The van der Waals surface area contributed by atoms with E-state index >= 15 is 0 Å². The number of carbonyl (C=O) groups is 1. The average Bonchev–Trinajstić information content (AvgIpc) is 2.99. The third kappa shape index (κ3) is 4.61. The van der Waals surface area contributed by atoms with Crippen LogP contribution < -0.4 is 10.1 Å². The van der Waals surface area contributed by atoms with Gasteiger partial charge in [-0.05, 0) is 26.8 Å². The van der Waals surface area contributed by atoms with Crippen molar-refractivity contribution in [1.82, 2.24) is 15.5 Å². The number of rotatable bonds is 5. The Morgan fingerprint density at radius 3 is 2.67 bits per heavy atom.